The van der Waals surface area contributed by atoms with Crippen molar-refractivity contribution in [2.24, 2.45) is 5.92 Å². The van der Waals surface area contributed by atoms with Crippen molar-refractivity contribution >= 4 is 17.3 Å². The van der Waals surface area contributed by atoms with Crippen molar-refractivity contribution < 1.29 is 14.8 Å². The van der Waals surface area contributed by atoms with Crippen molar-refractivity contribution in [3.05, 3.63) is 33.9 Å². The van der Waals surface area contributed by atoms with E-state index in [0.29, 0.717) is 6.42 Å². The van der Waals surface area contributed by atoms with Crippen LogP contribution in [0, 0.1) is 27.4 Å². The highest BCUT2D eigenvalue weighted by Gasteiger charge is 2.20. The van der Waals surface area contributed by atoms with Gasteiger partial charge in [0, 0.05) is 12.1 Å². The first-order chi connectivity index (χ1) is 9.35. The molecule has 1 aromatic carbocycles. The molecular weight excluding hydrogens is 262 g/mol. The van der Waals surface area contributed by atoms with Gasteiger partial charge < -0.3 is 10.4 Å². The standard InChI is InChI=1S/C13H15N3O4/c1-8(2)5-12(13(17)18)15-11-4-3-10(16(19)20)6-9(11)7-14/h3-4,6,8,12,15H,5H2,1-2H3,(H,17,18)/t12-/m0/s1. The minimum Gasteiger partial charge on any atom is -0.480 e. The van der Waals surface area contributed by atoms with Crippen molar-refractivity contribution in [3.8, 4) is 6.07 Å². The number of nitro benzene ring substituents is 1. The first-order valence-electron chi connectivity index (χ1n) is 6.03. The van der Waals surface area contributed by atoms with Crippen LogP contribution in [-0.4, -0.2) is 22.0 Å². The van der Waals surface area contributed by atoms with Crippen LogP contribution in [0.15, 0.2) is 18.2 Å². The van der Waals surface area contributed by atoms with E-state index in [1.807, 2.05) is 19.9 Å². The highest BCUT2D eigenvalue weighted by Crippen LogP contribution is 2.23. The van der Waals surface area contributed by atoms with Crippen LogP contribution < -0.4 is 5.32 Å². The predicted molar refractivity (Wildman–Crippen MR) is 72.3 cm³/mol. The third kappa shape index (κ3) is 3.95. The molecule has 1 rings (SSSR count). The third-order valence-corrected chi connectivity index (χ3v) is 2.67. The van der Waals surface area contributed by atoms with Gasteiger partial charge in [0.15, 0.2) is 0 Å². The first kappa shape index (κ1) is 15.4. The zero-order chi connectivity index (χ0) is 15.3. The summed E-state index contributed by atoms with van der Waals surface area (Å²) in [7, 11) is 0. The highest BCUT2D eigenvalue weighted by molar-refractivity contribution is 5.78. The molecule has 106 valence electrons. The summed E-state index contributed by atoms with van der Waals surface area (Å²) in [4.78, 5) is 21.2. The number of nitrogens with zero attached hydrogens (tertiary/aromatic N) is 2. The Balaban J connectivity index is 3.04. The number of nitro groups is 1. The van der Waals surface area contributed by atoms with E-state index in [4.69, 9.17) is 10.4 Å². The second-order valence-corrected chi connectivity index (χ2v) is 4.76. The summed E-state index contributed by atoms with van der Waals surface area (Å²) in [6.45, 7) is 3.78. The van der Waals surface area contributed by atoms with E-state index in [1.165, 1.54) is 12.1 Å². The molecule has 0 radical (unpaired) electrons. The summed E-state index contributed by atoms with van der Waals surface area (Å²) < 4.78 is 0. The molecule has 0 aliphatic rings. The van der Waals surface area contributed by atoms with Crippen LogP contribution in [0.5, 0.6) is 0 Å². The van der Waals surface area contributed by atoms with E-state index in [2.05, 4.69) is 5.32 Å². The predicted octanol–water partition coefficient (Wildman–Crippen LogP) is 2.38. The molecule has 7 heteroatoms. The monoisotopic (exact) mass is 277 g/mol. The van der Waals surface area contributed by atoms with Crippen LogP contribution in [0.4, 0.5) is 11.4 Å². The van der Waals surface area contributed by atoms with Gasteiger partial charge in [0.05, 0.1) is 16.2 Å². The molecule has 0 spiro atoms. The molecule has 0 heterocycles. The van der Waals surface area contributed by atoms with E-state index < -0.39 is 16.9 Å². The Morgan fingerprint density at radius 2 is 2.20 bits per heavy atom. The molecule has 20 heavy (non-hydrogen) atoms. The van der Waals surface area contributed by atoms with Gasteiger partial charge in [0.2, 0.25) is 0 Å². The lowest BCUT2D eigenvalue weighted by molar-refractivity contribution is -0.384. The van der Waals surface area contributed by atoms with Gasteiger partial charge in [-0.3, -0.25) is 10.1 Å². The van der Waals surface area contributed by atoms with Crippen LogP contribution in [0.3, 0.4) is 0 Å². The summed E-state index contributed by atoms with van der Waals surface area (Å²) in [5, 5.41) is 31.5. The zero-order valence-corrected chi connectivity index (χ0v) is 11.2. The molecule has 0 aromatic heterocycles. The van der Waals surface area contributed by atoms with Crippen molar-refractivity contribution in [3.63, 3.8) is 0 Å². The molecule has 0 amide bonds. The molecule has 2 N–H and O–H groups in total. The number of non-ortho nitro benzene ring substituents is 1. The first-order valence-corrected chi connectivity index (χ1v) is 6.03. The van der Waals surface area contributed by atoms with Gasteiger partial charge in [0.25, 0.3) is 5.69 Å². The van der Waals surface area contributed by atoms with Gasteiger partial charge in [0.1, 0.15) is 12.1 Å². The number of aliphatic carboxylic acids is 1. The van der Waals surface area contributed by atoms with Gasteiger partial charge >= 0.3 is 5.97 Å². The van der Waals surface area contributed by atoms with E-state index in [0.717, 1.165) is 6.07 Å². The number of nitrogens with one attached hydrogen (secondary N) is 1. The summed E-state index contributed by atoms with van der Waals surface area (Å²) >= 11 is 0. The lowest BCUT2D eigenvalue weighted by Gasteiger charge is -2.18. The maximum atomic E-state index is 11.2. The average molecular weight is 277 g/mol. The lowest BCUT2D eigenvalue weighted by Crippen LogP contribution is -2.31. The van der Waals surface area contributed by atoms with Crippen LogP contribution >= 0.6 is 0 Å². The van der Waals surface area contributed by atoms with Gasteiger partial charge in [-0.2, -0.15) is 5.26 Å². The minimum atomic E-state index is -1.03. The maximum Gasteiger partial charge on any atom is 0.326 e. The number of benzene rings is 1. The largest absolute Gasteiger partial charge is 0.480 e. The molecule has 0 saturated carbocycles. The molecule has 0 unspecified atom stereocenters. The van der Waals surface area contributed by atoms with E-state index in [1.54, 1.807) is 0 Å². The molecule has 0 saturated heterocycles. The molecule has 0 fully saturated rings. The number of anilines is 1. The number of hydrogen-bond acceptors (Lipinski definition) is 5. The van der Waals surface area contributed by atoms with Gasteiger partial charge in [-0.05, 0) is 18.4 Å². The maximum absolute atomic E-state index is 11.2. The van der Waals surface area contributed by atoms with Gasteiger partial charge in [-0.1, -0.05) is 13.8 Å². The summed E-state index contributed by atoms with van der Waals surface area (Å²) in [5.74, 6) is -0.867. The van der Waals surface area contributed by atoms with Crippen molar-refractivity contribution in [1.82, 2.24) is 0 Å². The second kappa shape index (κ2) is 6.52. The Kier molecular flexibility index (Phi) is 5.03. The van der Waals surface area contributed by atoms with Crippen molar-refractivity contribution in [2.45, 2.75) is 26.3 Å². The third-order valence-electron chi connectivity index (χ3n) is 2.67. The summed E-state index contributed by atoms with van der Waals surface area (Å²) in [6.07, 6.45) is 0.386. The molecule has 0 aliphatic heterocycles. The van der Waals surface area contributed by atoms with E-state index in [9.17, 15) is 14.9 Å². The minimum absolute atomic E-state index is 0.0502. The van der Waals surface area contributed by atoms with Crippen LogP contribution in [0.25, 0.3) is 0 Å². The number of hydrogen-bond donors (Lipinski definition) is 2. The average Bonchev–Trinajstić information content (AvgIpc) is 2.37. The van der Waals surface area contributed by atoms with Crippen LogP contribution in [0.1, 0.15) is 25.8 Å². The Labute approximate surface area is 116 Å². The number of rotatable bonds is 6. The molecule has 0 bridgehead atoms. The highest BCUT2D eigenvalue weighted by atomic mass is 16.6. The van der Waals surface area contributed by atoms with Crippen molar-refractivity contribution in [2.75, 3.05) is 5.32 Å². The Hall–Kier alpha value is -2.62. The zero-order valence-electron chi connectivity index (χ0n) is 11.2. The number of carboxylic acid groups (broad SMARTS) is 1. The summed E-state index contributed by atoms with van der Waals surface area (Å²) in [6, 6.07) is 4.69. The van der Waals surface area contributed by atoms with Gasteiger partial charge in [-0.15, -0.1) is 0 Å². The molecular formula is C13H15N3O4. The Bertz CT molecular complexity index is 563. The summed E-state index contributed by atoms with van der Waals surface area (Å²) in [5.41, 5.74) is 0.128. The van der Waals surface area contributed by atoms with Crippen LogP contribution in [-0.2, 0) is 4.79 Å². The molecule has 0 aliphatic carbocycles. The topological polar surface area (TPSA) is 116 Å². The fraction of sp³-hybridized carbons (Fsp3) is 0.385. The lowest BCUT2D eigenvalue weighted by atomic mass is 10.0. The van der Waals surface area contributed by atoms with Gasteiger partial charge in [-0.25, -0.2) is 4.79 Å². The Morgan fingerprint density at radius 1 is 1.55 bits per heavy atom. The fourth-order valence-electron chi connectivity index (χ4n) is 1.74. The SMILES string of the molecule is CC(C)C[C@H](Nc1ccc([N+](=O)[O-])cc1C#N)C(=O)O. The number of nitriles is 1. The Morgan fingerprint density at radius 3 is 2.65 bits per heavy atom. The normalized spacial score (nSPS) is 11.7. The number of carboxylic acids is 1. The molecule has 1 atom stereocenters. The number of carbonyl (C=O) groups is 1. The fourth-order valence-corrected chi connectivity index (χ4v) is 1.74. The van der Waals surface area contributed by atoms with E-state index >= 15 is 0 Å². The second-order valence-electron chi connectivity index (χ2n) is 4.76. The van der Waals surface area contributed by atoms with E-state index in [-0.39, 0.29) is 22.9 Å². The molecule has 7 nitrogen and oxygen atoms in total. The smallest absolute Gasteiger partial charge is 0.326 e. The van der Waals surface area contributed by atoms with Crippen molar-refractivity contribution in [1.29, 1.82) is 5.26 Å². The van der Waals surface area contributed by atoms with Crippen LogP contribution in [0.2, 0.25) is 0 Å². The quantitative estimate of drug-likeness (QED) is 0.609. The molecule has 1 aromatic rings.